The molecule has 0 aliphatic carbocycles. The van der Waals surface area contributed by atoms with E-state index in [1.54, 1.807) is 12.1 Å². The normalized spacial score (nSPS) is 16.7. The van der Waals surface area contributed by atoms with Gasteiger partial charge < -0.3 is 4.90 Å². The van der Waals surface area contributed by atoms with E-state index in [4.69, 9.17) is 11.6 Å². The average Bonchev–Trinajstić information content (AvgIpc) is 2.47. The minimum absolute atomic E-state index is 0.102. The Morgan fingerprint density at radius 1 is 1.14 bits per heavy atom. The van der Waals surface area contributed by atoms with Crippen molar-refractivity contribution in [3.63, 3.8) is 0 Å². The summed E-state index contributed by atoms with van der Waals surface area (Å²) in [5, 5.41) is 0.663. The summed E-state index contributed by atoms with van der Waals surface area (Å²) < 4.78 is 22.3. The minimum atomic E-state index is -2.93. The van der Waals surface area contributed by atoms with Crippen molar-refractivity contribution in [3.8, 4) is 0 Å². The van der Waals surface area contributed by atoms with Gasteiger partial charge in [0.2, 0.25) is 5.91 Å². The van der Waals surface area contributed by atoms with Crippen LogP contribution in [0.1, 0.15) is 5.56 Å². The quantitative estimate of drug-likeness (QED) is 0.801. The lowest BCUT2D eigenvalue weighted by Crippen LogP contribution is -2.50. The average molecular weight is 345 g/mol. The Morgan fingerprint density at radius 3 is 2.27 bits per heavy atom. The molecule has 0 aromatic heterocycles. The van der Waals surface area contributed by atoms with Crippen LogP contribution in [0.2, 0.25) is 5.02 Å². The van der Waals surface area contributed by atoms with Gasteiger partial charge in [-0.15, -0.1) is 0 Å². The molecule has 1 aliphatic heterocycles. The van der Waals surface area contributed by atoms with Gasteiger partial charge in [0.15, 0.2) is 0 Å². The SMILES string of the molecule is CS(=O)(=O)CCN1CCN(C(=O)Cc2ccc(Cl)cc2)CC1. The zero-order valence-electron chi connectivity index (χ0n) is 12.7. The van der Waals surface area contributed by atoms with Crippen molar-refractivity contribution < 1.29 is 13.2 Å². The Kier molecular flexibility index (Phi) is 5.83. The van der Waals surface area contributed by atoms with Crippen molar-refractivity contribution in [1.29, 1.82) is 0 Å². The lowest BCUT2D eigenvalue weighted by atomic mass is 10.1. The van der Waals surface area contributed by atoms with E-state index >= 15 is 0 Å². The van der Waals surface area contributed by atoms with Gasteiger partial charge in [0.1, 0.15) is 9.84 Å². The molecule has 2 rings (SSSR count). The third kappa shape index (κ3) is 5.59. The lowest BCUT2D eigenvalue weighted by molar-refractivity contribution is -0.132. The van der Waals surface area contributed by atoms with E-state index in [1.165, 1.54) is 6.26 Å². The maximum atomic E-state index is 12.3. The highest BCUT2D eigenvalue weighted by Gasteiger charge is 2.21. The lowest BCUT2D eigenvalue weighted by Gasteiger charge is -2.34. The van der Waals surface area contributed by atoms with E-state index in [-0.39, 0.29) is 11.7 Å². The fraction of sp³-hybridized carbons (Fsp3) is 0.533. The van der Waals surface area contributed by atoms with E-state index in [2.05, 4.69) is 4.90 Å². The summed E-state index contributed by atoms with van der Waals surface area (Å²) in [4.78, 5) is 16.2. The number of piperazine rings is 1. The molecule has 1 fully saturated rings. The molecule has 7 heteroatoms. The van der Waals surface area contributed by atoms with E-state index in [9.17, 15) is 13.2 Å². The second-order valence-electron chi connectivity index (χ2n) is 5.66. The minimum Gasteiger partial charge on any atom is -0.340 e. The first kappa shape index (κ1) is 17.2. The molecule has 1 aromatic rings. The predicted molar refractivity (Wildman–Crippen MR) is 87.9 cm³/mol. The monoisotopic (exact) mass is 344 g/mol. The molecule has 5 nitrogen and oxygen atoms in total. The third-order valence-corrected chi connectivity index (χ3v) is 4.95. The fourth-order valence-electron chi connectivity index (χ4n) is 2.40. The molecule has 1 amide bonds. The molecule has 22 heavy (non-hydrogen) atoms. The van der Waals surface area contributed by atoms with Crippen LogP contribution in [0.4, 0.5) is 0 Å². The number of sulfone groups is 1. The van der Waals surface area contributed by atoms with Crippen molar-refractivity contribution in [1.82, 2.24) is 9.80 Å². The van der Waals surface area contributed by atoms with Crippen LogP contribution in [0.3, 0.4) is 0 Å². The van der Waals surface area contributed by atoms with Gasteiger partial charge in [-0.1, -0.05) is 23.7 Å². The van der Waals surface area contributed by atoms with Crippen LogP contribution < -0.4 is 0 Å². The van der Waals surface area contributed by atoms with Crippen molar-refractivity contribution >= 4 is 27.3 Å². The van der Waals surface area contributed by atoms with Gasteiger partial charge in [0.05, 0.1) is 12.2 Å². The Labute approximate surface area is 136 Å². The van der Waals surface area contributed by atoms with Gasteiger partial charge in [-0.25, -0.2) is 8.42 Å². The van der Waals surface area contributed by atoms with E-state index < -0.39 is 9.84 Å². The number of benzene rings is 1. The molecule has 0 N–H and O–H groups in total. The smallest absolute Gasteiger partial charge is 0.227 e. The highest BCUT2D eigenvalue weighted by Crippen LogP contribution is 2.12. The predicted octanol–water partition coefficient (Wildman–Crippen LogP) is 1.07. The van der Waals surface area contributed by atoms with Gasteiger partial charge in [0.25, 0.3) is 0 Å². The zero-order valence-corrected chi connectivity index (χ0v) is 14.2. The Morgan fingerprint density at radius 2 is 1.73 bits per heavy atom. The van der Waals surface area contributed by atoms with Crippen molar-refractivity contribution in [3.05, 3.63) is 34.9 Å². The number of hydrogen-bond acceptors (Lipinski definition) is 4. The first-order chi connectivity index (χ1) is 10.3. The van der Waals surface area contributed by atoms with E-state index in [0.29, 0.717) is 31.1 Å². The summed E-state index contributed by atoms with van der Waals surface area (Å²) >= 11 is 5.83. The molecule has 0 radical (unpaired) electrons. The van der Waals surface area contributed by atoms with Crippen LogP contribution in [0.15, 0.2) is 24.3 Å². The first-order valence-corrected chi connectivity index (χ1v) is 9.70. The molecule has 0 saturated carbocycles. The number of amides is 1. The zero-order chi connectivity index (χ0) is 16.2. The fourth-order valence-corrected chi connectivity index (χ4v) is 3.12. The number of nitrogens with zero attached hydrogens (tertiary/aromatic N) is 2. The number of rotatable bonds is 5. The van der Waals surface area contributed by atoms with Crippen LogP contribution >= 0.6 is 11.6 Å². The van der Waals surface area contributed by atoms with Crippen LogP contribution in [0.5, 0.6) is 0 Å². The molecule has 0 atom stereocenters. The number of carbonyl (C=O) groups excluding carboxylic acids is 1. The standard InChI is InChI=1S/C15H21ClN2O3S/c1-22(20,21)11-10-17-6-8-18(9-7-17)15(19)12-13-2-4-14(16)5-3-13/h2-5H,6-12H2,1H3. The largest absolute Gasteiger partial charge is 0.340 e. The summed E-state index contributed by atoms with van der Waals surface area (Å²) in [5.41, 5.74) is 0.953. The molecular formula is C15H21ClN2O3S. The Balaban J connectivity index is 1.78. The summed E-state index contributed by atoms with van der Waals surface area (Å²) in [7, 11) is -2.93. The molecule has 1 aromatic carbocycles. The van der Waals surface area contributed by atoms with Gasteiger partial charge in [-0.2, -0.15) is 0 Å². The van der Waals surface area contributed by atoms with Crippen LogP contribution in [-0.4, -0.2) is 68.9 Å². The van der Waals surface area contributed by atoms with Gasteiger partial charge >= 0.3 is 0 Å². The highest BCUT2D eigenvalue weighted by molar-refractivity contribution is 7.90. The summed E-state index contributed by atoms with van der Waals surface area (Å²) in [5.74, 6) is 0.274. The highest BCUT2D eigenvalue weighted by atomic mass is 35.5. The number of hydrogen-bond donors (Lipinski definition) is 0. The molecule has 1 heterocycles. The topological polar surface area (TPSA) is 57.7 Å². The van der Waals surface area contributed by atoms with Crippen LogP contribution in [0, 0.1) is 0 Å². The molecule has 1 aliphatic rings. The molecule has 122 valence electrons. The second kappa shape index (κ2) is 7.44. The van der Waals surface area contributed by atoms with Crippen molar-refractivity contribution in [2.75, 3.05) is 44.7 Å². The first-order valence-electron chi connectivity index (χ1n) is 7.26. The van der Waals surface area contributed by atoms with E-state index in [0.717, 1.165) is 18.7 Å². The number of carbonyl (C=O) groups is 1. The summed E-state index contributed by atoms with van der Waals surface area (Å²) in [6.07, 6.45) is 1.62. The number of halogens is 1. The second-order valence-corrected chi connectivity index (χ2v) is 8.35. The molecular weight excluding hydrogens is 324 g/mol. The van der Waals surface area contributed by atoms with Gasteiger partial charge in [-0.05, 0) is 17.7 Å². The molecule has 0 spiro atoms. The van der Waals surface area contributed by atoms with Crippen LogP contribution in [0.25, 0.3) is 0 Å². The van der Waals surface area contributed by atoms with Crippen LogP contribution in [-0.2, 0) is 21.1 Å². The summed E-state index contributed by atoms with van der Waals surface area (Å²) in [6.45, 7) is 3.29. The Hall–Kier alpha value is -1.11. The molecule has 0 bridgehead atoms. The molecule has 0 unspecified atom stereocenters. The molecule has 1 saturated heterocycles. The third-order valence-electron chi connectivity index (χ3n) is 3.77. The van der Waals surface area contributed by atoms with Gasteiger partial charge in [-0.3, -0.25) is 9.69 Å². The maximum absolute atomic E-state index is 12.3. The Bertz CT molecular complexity index is 608. The maximum Gasteiger partial charge on any atom is 0.227 e. The van der Waals surface area contributed by atoms with Crippen molar-refractivity contribution in [2.24, 2.45) is 0 Å². The summed E-state index contributed by atoms with van der Waals surface area (Å²) in [6, 6.07) is 7.30. The van der Waals surface area contributed by atoms with Gasteiger partial charge in [0, 0.05) is 44.0 Å². The van der Waals surface area contributed by atoms with E-state index in [1.807, 2.05) is 17.0 Å². The van der Waals surface area contributed by atoms with Crippen molar-refractivity contribution in [2.45, 2.75) is 6.42 Å².